The number of nitrogens with one attached hydrogen (secondary N) is 1. The predicted molar refractivity (Wildman–Crippen MR) is 113 cm³/mol. The van der Waals surface area contributed by atoms with E-state index in [4.69, 9.17) is 4.52 Å². The van der Waals surface area contributed by atoms with Crippen molar-refractivity contribution in [3.05, 3.63) is 41.5 Å². The second-order valence-electron chi connectivity index (χ2n) is 8.29. The highest BCUT2D eigenvalue weighted by Crippen LogP contribution is 2.38. The molecule has 0 spiro atoms. The standard InChI is InChI=1S/C21H23N7O4/c1-26-19-17(20(30)27(2)21(26)31)28(11-22-19)10-15(29)23-14-6-4-3-5-13(14)9-16-24-18(25-32-16)12-7-8-12/h3-6,11-12,17,19H,7-10H2,1-2H3,(H,23,29). The van der Waals surface area contributed by atoms with Crippen molar-refractivity contribution in [3.63, 3.8) is 0 Å². The molecule has 1 aromatic heterocycles. The first kappa shape index (κ1) is 20.2. The number of hydrogen-bond acceptors (Lipinski definition) is 8. The van der Waals surface area contributed by atoms with E-state index < -0.39 is 18.2 Å². The molecule has 2 atom stereocenters. The molecule has 1 N–H and O–H groups in total. The number of carbonyl (C=O) groups is 3. The third-order valence-corrected chi connectivity index (χ3v) is 5.96. The van der Waals surface area contributed by atoms with E-state index in [0.29, 0.717) is 23.9 Å². The maximum Gasteiger partial charge on any atom is 0.328 e. The molecule has 3 heterocycles. The zero-order chi connectivity index (χ0) is 22.4. The van der Waals surface area contributed by atoms with Crippen LogP contribution < -0.4 is 5.32 Å². The van der Waals surface area contributed by atoms with Gasteiger partial charge in [0.25, 0.3) is 5.91 Å². The number of benzene rings is 1. The third kappa shape index (κ3) is 3.59. The van der Waals surface area contributed by atoms with Gasteiger partial charge in [-0.2, -0.15) is 4.98 Å². The van der Waals surface area contributed by atoms with Gasteiger partial charge < -0.3 is 19.6 Å². The second kappa shape index (κ2) is 7.74. The molecule has 4 amide bonds. The normalized spacial score (nSPS) is 22.5. The number of carbonyl (C=O) groups excluding carboxylic acids is 3. The molecular formula is C21H23N7O4. The van der Waals surface area contributed by atoms with Crippen LogP contribution in [0.2, 0.25) is 0 Å². The van der Waals surface area contributed by atoms with Gasteiger partial charge in [0, 0.05) is 25.7 Å². The van der Waals surface area contributed by atoms with E-state index in [1.54, 1.807) is 18.0 Å². The average Bonchev–Trinajstić information content (AvgIpc) is 3.39. The van der Waals surface area contributed by atoms with Crippen molar-refractivity contribution >= 4 is 29.9 Å². The highest BCUT2D eigenvalue weighted by atomic mass is 16.5. The topological polar surface area (TPSA) is 124 Å². The van der Waals surface area contributed by atoms with Crippen molar-refractivity contribution in [1.29, 1.82) is 0 Å². The van der Waals surface area contributed by atoms with Crippen LogP contribution in [0.5, 0.6) is 0 Å². The lowest BCUT2D eigenvalue weighted by atomic mass is 10.1. The van der Waals surface area contributed by atoms with Gasteiger partial charge in [-0.25, -0.2) is 9.79 Å². The Morgan fingerprint density at radius 2 is 2.00 bits per heavy atom. The van der Waals surface area contributed by atoms with Gasteiger partial charge in [-0.3, -0.25) is 14.5 Å². The molecule has 3 aliphatic rings. The highest BCUT2D eigenvalue weighted by Gasteiger charge is 2.48. The van der Waals surface area contributed by atoms with E-state index in [-0.39, 0.29) is 18.4 Å². The maximum atomic E-state index is 12.8. The van der Waals surface area contributed by atoms with Crippen LogP contribution in [-0.2, 0) is 16.0 Å². The number of imide groups is 1. The number of aromatic nitrogens is 2. The van der Waals surface area contributed by atoms with Gasteiger partial charge in [0.1, 0.15) is 0 Å². The minimum atomic E-state index is -0.720. The molecule has 0 radical (unpaired) electrons. The number of hydrogen-bond donors (Lipinski definition) is 1. The van der Waals surface area contributed by atoms with Crippen molar-refractivity contribution in [1.82, 2.24) is 24.8 Å². The van der Waals surface area contributed by atoms with Crippen LogP contribution in [0.3, 0.4) is 0 Å². The fraction of sp³-hybridized carbons (Fsp3) is 0.429. The largest absolute Gasteiger partial charge is 0.339 e. The van der Waals surface area contributed by atoms with Crippen LogP contribution >= 0.6 is 0 Å². The van der Waals surface area contributed by atoms with E-state index in [0.717, 1.165) is 29.1 Å². The van der Waals surface area contributed by atoms with Gasteiger partial charge in [-0.1, -0.05) is 23.4 Å². The Balaban J connectivity index is 1.26. The van der Waals surface area contributed by atoms with Crippen molar-refractivity contribution in [3.8, 4) is 0 Å². The Kier molecular flexibility index (Phi) is 4.87. The highest BCUT2D eigenvalue weighted by molar-refractivity contribution is 6.03. The molecule has 1 saturated heterocycles. The molecule has 2 unspecified atom stereocenters. The monoisotopic (exact) mass is 437 g/mol. The number of likely N-dealkylation sites (N-methyl/N-ethyl adjacent to an activating group) is 2. The van der Waals surface area contributed by atoms with Crippen molar-refractivity contribution in [2.75, 3.05) is 26.0 Å². The van der Waals surface area contributed by atoms with Crippen LogP contribution in [0.25, 0.3) is 0 Å². The molecule has 2 fully saturated rings. The maximum absolute atomic E-state index is 12.8. The number of rotatable bonds is 6. The van der Waals surface area contributed by atoms with E-state index in [2.05, 4.69) is 20.4 Å². The van der Waals surface area contributed by atoms with Crippen molar-refractivity contribution in [2.24, 2.45) is 4.99 Å². The molecule has 11 heteroatoms. The summed E-state index contributed by atoms with van der Waals surface area (Å²) in [6.07, 6.45) is 3.41. The smallest absolute Gasteiger partial charge is 0.328 e. The first-order valence-electron chi connectivity index (χ1n) is 10.5. The van der Waals surface area contributed by atoms with Gasteiger partial charge in [-0.05, 0) is 24.5 Å². The van der Waals surface area contributed by atoms with E-state index in [1.165, 1.54) is 18.3 Å². The Hall–Kier alpha value is -3.76. The zero-order valence-electron chi connectivity index (χ0n) is 17.8. The summed E-state index contributed by atoms with van der Waals surface area (Å²) in [4.78, 5) is 50.3. The summed E-state index contributed by atoms with van der Waals surface area (Å²) in [6.45, 7) is -0.0764. The summed E-state index contributed by atoms with van der Waals surface area (Å²) in [5.41, 5.74) is 1.48. The number of aliphatic imine (C=N–C) groups is 1. The number of anilines is 1. The SMILES string of the molecule is CN1C(=O)C2C(N=CN2CC(=O)Nc2ccccc2Cc2nc(C3CC3)no2)N(C)C1=O. The lowest BCUT2D eigenvalue weighted by molar-refractivity contribution is -0.136. The van der Waals surface area contributed by atoms with Crippen LogP contribution in [0.1, 0.15) is 36.0 Å². The summed E-state index contributed by atoms with van der Waals surface area (Å²) in [5.74, 6) is 0.973. The fourth-order valence-electron chi connectivity index (χ4n) is 4.00. The van der Waals surface area contributed by atoms with Crippen LogP contribution in [-0.4, -0.2) is 81.9 Å². The minimum Gasteiger partial charge on any atom is -0.339 e. The number of nitrogens with zero attached hydrogens (tertiary/aromatic N) is 6. The third-order valence-electron chi connectivity index (χ3n) is 5.96. The lowest BCUT2D eigenvalue weighted by Crippen LogP contribution is -2.64. The van der Waals surface area contributed by atoms with Crippen LogP contribution in [0, 0.1) is 0 Å². The van der Waals surface area contributed by atoms with Gasteiger partial charge in [0.15, 0.2) is 18.0 Å². The molecule has 2 aromatic rings. The van der Waals surface area contributed by atoms with E-state index >= 15 is 0 Å². The summed E-state index contributed by atoms with van der Waals surface area (Å²) in [6, 6.07) is 6.27. The van der Waals surface area contributed by atoms with Gasteiger partial charge in [-0.15, -0.1) is 0 Å². The quantitative estimate of drug-likeness (QED) is 0.716. The predicted octanol–water partition coefficient (Wildman–Crippen LogP) is 1.04. The van der Waals surface area contributed by atoms with Gasteiger partial charge in [0.05, 0.1) is 19.3 Å². The Morgan fingerprint density at radius 1 is 1.22 bits per heavy atom. The second-order valence-corrected chi connectivity index (χ2v) is 8.29. The van der Waals surface area contributed by atoms with Gasteiger partial charge >= 0.3 is 6.03 Å². The zero-order valence-corrected chi connectivity index (χ0v) is 17.8. The number of fused-ring (bicyclic) bond motifs is 1. The van der Waals surface area contributed by atoms with E-state index in [1.807, 2.05) is 18.2 Å². The molecule has 1 saturated carbocycles. The molecule has 1 aliphatic carbocycles. The minimum absolute atomic E-state index is 0.0764. The molecular weight excluding hydrogens is 414 g/mol. The summed E-state index contributed by atoms with van der Waals surface area (Å²) < 4.78 is 5.36. The summed E-state index contributed by atoms with van der Waals surface area (Å²) in [5, 5.41) is 6.94. The first-order chi connectivity index (χ1) is 15.4. The molecule has 1 aromatic carbocycles. The summed E-state index contributed by atoms with van der Waals surface area (Å²) in [7, 11) is 3.02. The van der Waals surface area contributed by atoms with Crippen molar-refractivity contribution in [2.45, 2.75) is 37.4 Å². The average molecular weight is 437 g/mol. The molecule has 166 valence electrons. The molecule has 11 nitrogen and oxygen atoms in total. The number of para-hydroxylation sites is 1. The number of amides is 4. The van der Waals surface area contributed by atoms with Crippen LogP contribution in [0.15, 0.2) is 33.8 Å². The molecule has 5 rings (SSSR count). The lowest BCUT2D eigenvalue weighted by Gasteiger charge is -2.39. The Labute approximate surface area is 184 Å². The van der Waals surface area contributed by atoms with Gasteiger partial charge in [0.2, 0.25) is 11.8 Å². The first-order valence-corrected chi connectivity index (χ1v) is 10.5. The molecule has 32 heavy (non-hydrogen) atoms. The number of urea groups is 1. The fourth-order valence-corrected chi connectivity index (χ4v) is 4.00. The Bertz CT molecular complexity index is 1110. The van der Waals surface area contributed by atoms with E-state index in [9.17, 15) is 14.4 Å². The Morgan fingerprint density at radius 3 is 2.78 bits per heavy atom. The van der Waals surface area contributed by atoms with Crippen molar-refractivity contribution < 1.29 is 18.9 Å². The molecule has 2 aliphatic heterocycles. The molecule has 0 bridgehead atoms. The van der Waals surface area contributed by atoms with Crippen LogP contribution in [0.4, 0.5) is 10.5 Å². The summed E-state index contributed by atoms with van der Waals surface area (Å²) >= 11 is 0.